The van der Waals surface area contributed by atoms with Gasteiger partial charge in [-0.2, -0.15) is 0 Å². The fraction of sp³-hybridized carbons (Fsp3) is 0.250. The molecule has 0 aliphatic heterocycles. The van der Waals surface area contributed by atoms with E-state index in [1.54, 1.807) is 30.6 Å². The lowest BCUT2D eigenvalue weighted by molar-refractivity contribution is 0.0932. The largest absolute Gasteiger partial charge is 0.355 e. The summed E-state index contributed by atoms with van der Waals surface area (Å²) in [5, 5.41) is 6.44. The summed E-state index contributed by atoms with van der Waals surface area (Å²) < 4.78 is 5.12. The number of carbonyl (C=O) groups is 1. The Bertz CT molecular complexity index is 533. The number of nitrogens with one attached hydrogen (secondary N) is 1. The summed E-state index contributed by atoms with van der Waals surface area (Å²) in [6.07, 6.45) is 3.29. The standard InChI is InChI=1S/C12H14N4O2.2ClH/c1-8(7-13)15-12(17)10-6-11(18-16-10)9-2-4-14-5-3-9;;/h2-6,8H,7,13H2,1H3,(H,15,17);2*1H/t8-;;/m0../s1. The number of halogens is 2. The monoisotopic (exact) mass is 318 g/mol. The van der Waals surface area contributed by atoms with E-state index in [0.29, 0.717) is 12.3 Å². The maximum absolute atomic E-state index is 11.8. The molecule has 2 aromatic heterocycles. The van der Waals surface area contributed by atoms with E-state index in [9.17, 15) is 4.79 Å². The Kier molecular flexibility index (Phi) is 7.83. The van der Waals surface area contributed by atoms with E-state index in [1.807, 2.05) is 6.92 Å². The van der Waals surface area contributed by atoms with Crippen molar-refractivity contribution in [3.63, 3.8) is 0 Å². The van der Waals surface area contributed by atoms with Crippen molar-refractivity contribution in [2.75, 3.05) is 6.54 Å². The summed E-state index contributed by atoms with van der Waals surface area (Å²) in [6.45, 7) is 2.20. The highest BCUT2D eigenvalue weighted by molar-refractivity contribution is 5.93. The maximum Gasteiger partial charge on any atom is 0.273 e. The minimum Gasteiger partial charge on any atom is -0.355 e. The van der Waals surface area contributed by atoms with Crippen LogP contribution < -0.4 is 11.1 Å². The van der Waals surface area contributed by atoms with Crippen molar-refractivity contribution < 1.29 is 9.32 Å². The van der Waals surface area contributed by atoms with Gasteiger partial charge < -0.3 is 15.6 Å². The minimum atomic E-state index is -0.294. The average Bonchev–Trinajstić information content (AvgIpc) is 2.89. The van der Waals surface area contributed by atoms with Crippen LogP contribution in [0.1, 0.15) is 17.4 Å². The van der Waals surface area contributed by atoms with Crippen LogP contribution in [0.15, 0.2) is 35.1 Å². The second-order valence-electron chi connectivity index (χ2n) is 3.92. The van der Waals surface area contributed by atoms with Crippen molar-refractivity contribution in [2.24, 2.45) is 5.73 Å². The Hall–Kier alpha value is -1.63. The van der Waals surface area contributed by atoms with Gasteiger partial charge in [0.25, 0.3) is 5.91 Å². The van der Waals surface area contributed by atoms with Crippen molar-refractivity contribution in [3.05, 3.63) is 36.3 Å². The zero-order valence-electron chi connectivity index (χ0n) is 10.8. The lowest BCUT2D eigenvalue weighted by Crippen LogP contribution is -2.37. The summed E-state index contributed by atoms with van der Waals surface area (Å²) in [5.41, 5.74) is 6.49. The van der Waals surface area contributed by atoms with E-state index in [4.69, 9.17) is 10.3 Å². The third kappa shape index (κ3) is 4.48. The van der Waals surface area contributed by atoms with Crippen LogP contribution in [0.25, 0.3) is 11.3 Å². The zero-order chi connectivity index (χ0) is 13.0. The molecule has 6 nitrogen and oxygen atoms in total. The van der Waals surface area contributed by atoms with Gasteiger partial charge in [-0.15, -0.1) is 24.8 Å². The van der Waals surface area contributed by atoms with Gasteiger partial charge in [-0.25, -0.2) is 0 Å². The third-order valence-corrected chi connectivity index (χ3v) is 2.44. The lowest BCUT2D eigenvalue weighted by Gasteiger charge is -2.08. The highest BCUT2D eigenvalue weighted by Crippen LogP contribution is 2.18. The van der Waals surface area contributed by atoms with Gasteiger partial charge in [0.15, 0.2) is 11.5 Å². The number of hydrogen-bond acceptors (Lipinski definition) is 5. The van der Waals surface area contributed by atoms with E-state index >= 15 is 0 Å². The van der Waals surface area contributed by atoms with Gasteiger partial charge in [-0.1, -0.05) is 5.16 Å². The molecule has 8 heteroatoms. The topological polar surface area (TPSA) is 94.0 Å². The van der Waals surface area contributed by atoms with Gasteiger partial charge in [0.1, 0.15) is 0 Å². The van der Waals surface area contributed by atoms with Crippen molar-refractivity contribution in [2.45, 2.75) is 13.0 Å². The number of rotatable bonds is 4. The Morgan fingerprint density at radius 3 is 2.65 bits per heavy atom. The highest BCUT2D eigenvalue weighted by atomic mass is 35.5. The van der Waals surface area contributed by atoms with Crippen LogP contribution in [0, 0.1) is 0 Å². The van der Waals surface area contributed by atoms with Crippen LogP contribution in [-0.2, 0) is 0 Å². The van der Waals surface area contributed by atoms with Crippen molar-refractivity contribution in [3.8, 4) is 11.3 Å². The van der Waals surface area contributed by atoms with Crippen LogP contribution in [0.4, 0.5) is 0 Å². The normalized spacial score (nSPS) is 10.9. The molecule has 0 bridgehead atoms. The first-order valence-corrected chi connectivity index (χ1v) is 5.58. The van der Waals surface area contributed by atoms with Gasteiger partial charge in [0, 0.05) is 36.6 Å². The lowest BCUT2D eigenvalue weighted by atomic mass is 10.2. The molecule has 110 valence electrons. The second-order valence-corrected chi connectivity index (χ2v) is 3.92. The molecule has 2 heterocycles. The molecular weight excluding hydrogens is 303 g/mol. The van der Waals surface area contributed by atoms with Crippen molar-refractivity contribution >= 4 is 30.7 Å². The van der Waals surface area contributed by atoms with Crippen LogP contribution in [0.5, 0.6) is 0 Å². The van der Waals surface area contributed by atoms with Gasteiger partial charge in [-0.05, 0) is 19.1 Å². The number of aromatic nitrogens is 2. The van der Waals surface area contributed by atoms with E-state index in [0.717, 1.165) is 5.56 Å². The molecule has 1 amide bonds. The van der Waals surface area contributed by atoms with E-state index in [2.05, 4.69) is 15.5 Å². The smallest absolute Gasteiger partial charge is 0.273 e. The molecule has 1 atom stereocenters. The molecule has 2 aromatic rings. The number of amides is 1. The molecule has 0 spiro atoms. The van der Waals surface area contributed by atoms with E-state index in [1.165, 1.54) is 0 Å². The first-order chi connectivity index (χ1) is 8.70. The Morgan fingerprint density at radius 1 is 1.40 bits per heavy atom. The van der Waals surface area contributed by atoms with E-state index < -0.39 is 0 Å². The number of nitrogens with two attached hydrogens (primary N) is 1. The van der Waals surface area contributed by atoms with Crippen LogP contribution in [-0.4, -0.2) is 28.6 Å². The Morgan fingerprint density at radius 2 is 2.05 bits per heavy atom. The SMILES string of the molecule is C[C@@H](CN)NC(=O)c1cc(-c2ccncc2)on1.Cl.Cl. The Balaban J connectivity index is 0.00000180. The average molecular weight is 319 g/mol. The second kappa shape index (κ2) is 8.52. The first kappa shape index (κ1) is 18.4. The maximum atomic E-state index is 11.8. The summed E-state index contributed by atoms with van der Waals surface area (Å²) in [5.74, 6) is 0.236. The summed E-state index contributed by atoms with van der Waals surface area (Å²) in [6, 6.07) is 5.06. The predicted molar refractivity (Wildman–Crippen MR) is 80.2 cm³/mol. The fourth-order valence-corrected chi connectivity index (χ4v) is 1.39. The zero-order valence-corrected chi connectivity index (χ0v) is 12.4. The summed E-state index contributed by atoms with van der Waals surface area (Å²) in [7, 11) is 0. The first-order valence-electron chi connectivity index (χ1n) is 5.58. The molecule has 0 aliphatic carbocycles. The predicted octanol–water partition coefficient (Wildman–Crippen LogP) is 1.66. The molecule has 0 radical (unpaired) electrons. The molecule has 3 N–H and O–H groups in total. The van der Waals surface area contributed by atoms with Crippen LogP contribution in [0.3, 0.4) is 0 Å². The van der Waals surface area contributed by atoms with E-state index in [-0.39, 0.29) is 42.5 Å². The molecule has 0 fully saturated rings. The van der Waals surface area contributed by atoms with Gasteiger partial charge >= 0.3 is 0 Å². The fourth-order valence-electron chi connectivity index (χ4n) is 1.39. The number of pyridine rings is 1. The van der Waals surface area contributed by atoms with Crippen LogP contribution in [0.2, 0.25) is 0 Å². The quantitative estimate of drug-likeness (QED) is 0.894. The van der Waals surface area contributed by atoms with Gasteiger partial charge in [0.2, 0.25) is 0 Å². The van der Waals surface area contributed by atoms with Gasteiger partial charge in [-0.3, -0.25) is 9.78 Å². The summed E-state index contributed by atoms with van der Waals surface area (Å²) >= 11 is 0. The highest BCUT2D eigenvalue weighted by Gasteiger charge is 2.14. The summed E-state index contributed by atoms with van der Waals surface area (Å²) in [4.78, 5) is 15.7. The molecule has 0 unspecified atom stereocenters. The number of carbonyl (C=O) groups excluding carboxylic acids is 1. The molecule has 20 heavy (non-hydrogen) atoms. The molecule has 2 rings (SSSR count). The van der Waals surface area contributed by atoms with Crippen molar-refractivity contribution in [1.82, 2.24) is 15.5 Å². The van der Waals surface area contributed by atoms with Crippen molar-refractivity contribution in [1.29, 1.82) is 0 Å². The Labute approximate surface area is 128 Å². The minimum absolute atomic E-state index is 0. The third-order valence-electron chi connectivity index (χ3n) is 2.44. The number of nitrogens with zero attached hydrogens (tertiary/aromatic N) is 2. The molecular formula is C12H16Cl2N4O2. The number of hydrogen-bond donors (Lipinski definition) is 2. The molecule has 0 aliphatic rings. The van der Waals surface area contributed by atoms with Crippen LogP contribution >= 0.6 is 24.8 Å². The molecule has 0 aromatic carbocycles. The molecule has 0 saturated carbocycles. The molecule has 0 saturated heterocycles. The van der Waals surface area contributed by atoms with Gasteiger partial charge in [0.05, 0.1) is 0 Å².